The van der Waals surface area contributed by atoms with Gasteiger partial charge in [-0.15, -0.1) is 11.8 Å². The first-order valence-corrected chi connectivity index (χ1v) is 9.58. The van der Waals surface area contributed by atoms with Crippen LogP contribution >= 0.6 is 11.8 Å². The second-order valence-corrected chi connectivity index (χ2v) is 9.23. The average molecular weight is 364 g/mol. The molecule has 0 unspecified atom stereocenters. The van der Waals surface area contributed by atoms with E-state index >= 15 is 0 Å². The Morgan fingerprint density at radius 2 is 2.00 bits per heavy atom. The first-order valence-electron chi connectivity index (χ1n) is 8.60. The van der Waals surface area contributed by atoms with Gasteiger partial charge in [0.25, 0.3) is 0 Å². The van der Waals surface area contributed by atoms with Gasteiger partial charge in [-0.2, -0.15) is 0 Å². The Bertz CT molecular complexity index is 745. The number of carbonyl (C=O) groups excluding carboxylic acids is 1. The van der Waals surface area contributed by atoms with Gasteiger partial charge in [0.2, 0.25) is 0 Å². The van der Waals surface area contributed by atoms with Crippen LogP contribution in [-0.2, 0) is 10.3 Å². The number of rotatable bonds is 5. The molecule has 0 saturated carbocycles. The number of hydrogen-bond donors (Lipinski definition) is 1. The smallest absolute Gasteiger partial charge is 0.408 e. The van der Waals surface area contributed by atoms with Crippen molar-refractivity contribution < 1.29 is 9.53 Å². The molecule has 2 aromatic rings. The van der Waals surface area contributed by atoms with E-state index in [1.54, 1.807) is 0 Å². The largest absolute Gasteiger partial charge is 0.444 e. The number of pyridine rings is 1. The van der Waals surface area contributed by atoms with Crippen LogP contribution in [0.15, 0.2) is 29.4 Å². The van der Waals surface area contributed by atoms with Crippen LogP contribution in [-0.4, -0.2) is 26.8 Å². The van der Waals surface area contributed by atoms with E-state index in [-0.39, 0.29) is 0 Å². The Labute approximate surface area is 154 Å². The van der Waals surface area contributed by atoms with Gasteiger partial charge in [0, 0.05) is 16.8 Å². The fourth-order valence-corrected chi connectivity index (χ4v) is 3.44. The number of aromatic nitrogens is 2. The molecule has 0 aliphatic carbocycles. The number of nitrogens with zero attached hydrogens (tertiary/aromatic N) is 2. The van der Waals surface area contributed by atoms with E-state index in [1.165, 1.54) is 4.90 Å². The average Bonchev–Trinajstić information content (AvgIpc) is 2.87. The molecule has 25 heavy (non-hydrogen) atoms. The molecule has 6 heteroatoms. The highest BCUT2D eigenvalue weighted by Crippen LogP contribution is 2.29. The lowest BCUT2D eigenvalue weighted by molar-refractivity contribution is 0.0466. The number of fused-ring (bicyclic) bond motifs is 1. The zero-order chi connectivity index (χ0) is 18.8. The lowest BCUT2D eigenvalue weighted by atomic mass is 10.1. The first-order chi connectivity index (χ1) is 11.5. The maximum Gasteiger partial charge on any atom is 0.408 e. The van der Waals surface area contributed by atoms with E-state index in [2.05, 4.69) is 30.2 Å². The van der Waals surface area contributed by atoms with E-state index < -0.39 is 17.2 Å². The van der Waals surface area contributed by atoms with Crippen LogP contribution in [0.4, 0.5) is 4.79 Å². The van der Waals surface area contributed by atoms with Gasteiger partial charge >= 0.3 is 6.09 Å². The summed E-state index contributed by atoms with van der Waals surface area (Å²) in [5.41, 5.74) is -0.131. The van der Waals surface area contributed by atoms with Gasteiger partial charge < -0.3 is 14.5 Å². The molecule has 1 amide bonds. The molecule has 138 valence electrons. The maximum atomic E-state index is 12.2. The van der Waals surface area contributed by atoms with Crippen molar-refractivity contribution in [2.75, 3.05) is 5.75 Å². The predicted molar refractivity (Wildman–Crippen MR) is 103 cm³/mol. The molecule has 2 aromatic heterocycles. The van der Waals surface area contributed by atoms with E-state index in [0.29, 0.717) is 5.92 Å². The molecule has 0 fully saturated rings. The first kappa shape index (κ1) is 19.6. The van der Waals surface area contributed by atoms with Crippen LogP contribution in [0.1, 0.15) is 54.3 Å². The van der Waals surface area contributed by atoms with Gasteiger partial charge in [-0.25, -0.2) is 9.78 Å². The predicted octanol–water partition coefficient (Wildman–Crippen LogP) is 4.84. The monoisotopic (exact) mass is 363 g/mol. The molecule has 0 bridgehead atoms. The molecule has 0 aliphatic rings. The number of nitrogens with one attached hydrogen (secondary N) is 1. The molecule has 2 heterocycles. The lowest BCUT2D eigenvalue weighted by Gasteiger charge is -2.27. The summed E-state index contributed by atoms with van der Waals surface area (Å²) in [6, 6.07) is 4.13. The quantitative estimate of drug-likeness (QED) is 0.772. The zero-order valence-electron chi connectivity index (χ0n) is 16.2. The fraction of sp³-hybridized carbons (Fsp3) is 0.579. The van der Waals surface area contributed by atoms with Crippen LogP contribution in [0.5, 0.6) is 0 Å². The molecular weight excluding hydrogens is 334 g/mol. The third kappa shape index (κ3) is 5.14. The maximum absolute atomic E-state index is 12.2. The van der Waals surface area contributed by atoms with Crippen molar-refractivity contribution in [1.82, 2.24) is 14.7 Å². The van der Waals surface area contributed by atoms with Gasteiger partial charge in [0.15, 0.2) is 0 Å². The molecule has 1 N–H and O–H groups in total. The topological polar surface area (TPSA) is 55.6 Å². The molecule has 0 aliphatic heterocycles. The molecular formula is C19H29N3O2S. The highest BCUT2D eigenvalue weighted by molar-refractivity contribution is 7.99. The van der Waals surface area contributed by atoms with Crippen molar-refractivity contribution in [2.45, 2.75) is 64.5 Å². The summed E-state index contributed by atoms with van der Waals surface area (Å²) in [6.07, 6.45) is 3.41. The van der Waals surface area contributed by atoms with Gasteiger partial charge in [-0.3, -0.25) is 0 Å². The number of hydrogen-bond acceptors (Lipinski definition) is 4. The minimum atomic E-state index is -0.657. The standard InChI is InChI=1S/C19H29N3O2S/c1-13(2)12-25-15-9-8-10-22-14(15)11-20-16(22)19(6,7)21-17(23)24-18(3,4)5/h8-11,13H,12H2,1-7H3,(H,21,23). The normalized spacial score (nSPS) is 12.6. The second-order valence-electron chi connectivity index (χ2n) is 8.17. The fourth-order valence-electron chi connectivity index (χ4n) is 2.45. The molecule has 0 spiro atoms. The Morgan fingerprint density at radius 3 is 2.60 bits per heavy atom. The Balaban J connectivity index is 2.28. The number of carbonyl (C=O) groups is 1. The minimum absolute atomic E-state index is 0.445. The van der Waals surface area contributed by atoms with E-state index in [1.807, 2.05) is 69.2 Å². The van der Waals surface area contributed by atoms with Gasteiger partial charge in [0.1, 0.15) is 11.4 Å². The van der Waals surface area contributed by atoms with Crippen molar-refractivity contribution >= 4 is 23.4 Å². The lowest BCUT2D eigenvalue weighted by Crippen LogP contribution is -2.44. The summed E-state index contributed by atoms with van der Waals surface area (Å²) in [7, 11) is 0. The van der Waals surface area contributed by atoms with E-state index in [4.69, 9.17) is 4.74 Å². The van der Waals surface area contributed by atoms with Crippen LogP contribution in [0.2, 0.25) is 0 Å². The van der Waals surface area contributed by atoms with Crippen molar-refractivity contribution in [3.8, 4) is 0 Å². The number of ether oxygens (including phenoxy) is 1. The van der Waals surface area contributed by atoms with E-state index in [0.717, 1.165) is 17.1 Å². The summed E-state index contributed by atoms with van der Waals surface area (Å²) in [6.45, 7) is 13.8. The van der Waals surface area contributed by atoms with Gasteiger partial charge in [-0.05, 0) is 52.7 Å². The second kappa shape index (κ2) is 7.28. The van der Waals surface area contributed by atoms with Crippen molar-refractivity contribution in [1.29, 1.82) is 0 Å². The molecule has 0 saturated heterocycles. The van der Waals surface area contributed by atoms with Crippen molar-refractivity contribution in [2.24, 2.45) is 5.92 Å². The Morgan fingerprint density at radius 1 is 1.32 bits per heavy atom. The third-order valence-electron chi connectivity index (χ3n) is 3.48. The summed E-state index contributed by atoms with van der Waals surface area (Å²) in [4.78, 5) is 18.0. The zero-order valence-corrected chi connectivity index (χ0v) is 17.0. The molecule has 0 aromatic carbocycles. The van der Waals surface area contributed by atoms with Crippen LogP contribution in [0, 0.1) is 5.92 Å². The summed E-state index contributed by atoms with van der Waals surface area (Å²) in [5, 5.41) is 2.93. The van der Waals surface area contributed by atoms with Gasteiger partial charge in [-0.1, -0.05) is 13.8 Å². The number of thioether (sulfide) groups is 1. The van der Waals surface area contributed by atoms with Gasteiger partial charge in [0.05, 0.1) is 17.3 Å². The number of amides is 1. The van der Waals surface area contributed by atoms with E-state index in [9.17, 15) is 4.79 Å². The Hall–Kier alpha value is -1.69. The summed E-state index contributed by atoms with van der Waals surface area (Å²) in [5.74, 6) is 2.46. The number of alkyl carbamates (subject to hydrolysis) is 1. The van der Waals surface area contributed by atoms with Crippen LogP contribution in [0.25, 0.3) is 5.52 Å². The third-order valence-corrected chi connectivity index (χ3v) is 4.97. The molecule has 2 rings (SSSR count). The Kier molecular flexibility index (Phi) is 5.72. The van der Waals surface area contributed by atoms with Crippen molar-refractivity contribution in [3.63, 3.8) is 0 Å². The SMILES string of the molecule is CC(C)CSc1cccn2c(C(C)(C)NC(=O)OC(C)(C)C)ncc12. The highest BCUT2D eigenvalue weighted by atomic mass is 32.2. The van der Waals surface area contributed by atoms with Crippen LogP contribution in [0.3, 0.4) is 0 Å². The highest BCUT2D eigenvalue weighted by Gasteiger charge is 2.30. The molecule has 5 nitrogen and oxygen atoms in total. The molecule has 0 atom stereocenters. The van der Waals surface area contributed by atoms with Crippen molar-refractivity contribution in [3.05, 3.63) is 30.4 Å². The minimum Gasteiger partial charge on any atom is -0.444 e. The van der Waals surface area contributed by atoms with Crippen LogP contribution < -0.4 is 5.32 Å². The number of imidazole rings is 1. The molecule has 0 radical (unpaired) electrons. The summed E-state index contributed by atoms with van der Waals surface area (Å²) < 4.78 is 7.42. The summed E-state index contributed by atoms with van der Waals surface area (Å²) >= 11 is 1.83.